The monoisotopic (exact) mass is 261 g/mol. The second-order valence-electron chi connectivity index (χ2n) is 5.37. The van der Waals surface area contributed by atoms with Gasteiger partial charge in [0, 0.05) is 19.0 Å². The quantitative estimate of drug-likeness (QED) is 0.882. The van der Waals surface area contributed by atoms with Crippen LogP contribution in [0.25, 0.3) is 0 Å². The summed E-state index contributed by atoms with van der Waals surface area (Å²) in [5.41, 5.74) is 0.541. The smallest absolute Gasteiger partial charge is 0.233 e. The van der Waals surface area contributed by atoms with Crippen molar-refractivity contribution in [1.82, 2.24) is 4.90 Å². The maximum atomic E-state index is 12.8. The van der Waals surface area contributed by atoms with E-state index in [4.69, 9.17) is 0 Å². The SMILES string of the molecule is CCN(CC)C(=O)[C@@]1(c2ccccc2)C[C@H]1[C@@H](C)O. The van der Waals surface area contributed by atoms with Crippen LogP contribution in [-0.4, -0.2) is 35.1 Å². The average Bonchev–Trinajstić information content (AvgIpc) is 3.18. The third-order valence-electron chi connectivity index (χ3n) is 4.32. The Bertz CT molecular complexity index is 439. The molecule has 0 saturated heterocycles. The van der Waals surface area contributed by atoms with E-state index in [0.717, 1.165) is 25.1 Å². The molecule has 0 spiro atoms. The average molecular weight is 261 g/mol. The molecule has 1 amide bonds. The van der Waals surface area contributed by atoms with Crippen LogP contribution in [0.5, 0.6) is 0 Å². The Balaban J connectivity index is 2.36. The molecule has 1 saturated carbocycles. The van der Waals surface area contributed by atoms with Crippen molar-refractivity contribution in [3.63, 3.8) is 0 Å². The maximum Gasteiger partial charge on any atom is 0.233 e. The first kappa shape index (κ1) is 14.1. The van der Waals surface area contributed by atoms with Gasteiger partial charge in [-0.3, -0.25) is 4.79 Å². The maximum absolute atomic E-state index is 12.8. The summed E-state index contributed by atoms with van der Waals surface area (Å²) >= 11 is 0. The molecule has 1 aliphatic rings. The van der Waals surface area contributed by atoms with Crippen LogP contribution in [0.1, 0.15) is 32.8 Å². The highest BCUT2D eigenvalue weighted by Crippen LogP contribution is 2.57. The summed E-state index contributed by atoms with van der Waals surface area (Å²) in [5.74, 6) is 0.206. The summed E-state index contributed by atoms with van der Waals surface area (Å²) in [4.78, 5) is 14.7. The summed E-state index contributed by atoms with van der Waals surface area (Å²) in [6, 6.07) is 9.89. The Morgan fingerprint density at radius 2 is 1.95 bits per heavy atom. The number of aliphatic hydroxyl groups is 1. The molecule has 0 bridgehead atoms. The molecule has 0 heterocycles. The van der Waals surface area contributed by atoms with Gasteiger partial charge in [-0.15, -0.1) is 0 Å². The highest BCUT2D eigenvalue weighted by Gasteiger charge is 2.63. The molecule has 1 aromatic rings. The number of carbonyl (C=O) groups is 1. The first-order valence-electron chi connectivity index (χ1n) is 7.10. The van der Waals surface area contributed by atoms with Crippen molar-refractivity contribution in [2.75, 3.05) is 13.1 Å². The van der Waals surface area contributed by atoms with E-state index < -0.39 is 11.5 Å². The molecule has 0 aliphatic heterocycles. The van der Waals surface area contributed by atoms with Crippen molar-refractivity contribution < 1.29 is 9.90 Å². The van der Waals surface area contributed by atoms with Crippen molar-refractivity contribution in [3.8, 4) is 0 Å². The number of carbonyl (C=O) groups excluding carboxylic acids is 1. The Hall–Kier alpha value is -1.35. The van der Waals surface area contributed by atoms with Crippen LogP contribution in [0.2, 0.25) is 0 Å². The lowest BCUT2D eigenvalue weighted by Crippen LogP contribution is -2.41. The van der Waals surface area contributed by atoms with Gasteiger partial charge in [-0.1, -0.05) is 30.3 Å². The number of likely N-dealkylation sites (N-methyl/N-ethyl adjacent to an activating group) is 1. The van der Waals surface area contributed by atoms with E-state index >= 15 is 0 Å². The fraction of sp³-hybridized carbons (Fsp3) is 0.562. The standard InChI is InChI=1S/C16H23NO2/c1-4-17(5-2)15(19)16(11-14(16)12(3)18)13-9-7-6-8-10-13/h6-10,12,14,18H,4-5,11H2,1-3H3/t12-,14+,16-/m1/s1. The minimum absolute atomic E-state index is 0.0444. The van der Waals surface area contributed by atoms with E-state index in [9.17, 15) is 9.90 Å². The number of amides is 1. The summed E-state index contributed by atoms with van der Waals surface area (Å²) in [6.45, 7) is 7.22. The third kappa shape index (κ3) is 2.27. The molecule has 3 heteroatoms. The summed E-state index contributed by atoms with van der Waals surface area (Å²) in [5, 5.41) is 9.89. The Morgan fingerprint density at radius 1 is 1.37 bits per heavy atom. The number of rotatable bonds is 5. The van der Waals surface area contributed by atoms with Crippen molar-refractivity contribution >= 4 is 5.91 Å². The van der Waals surface area contributed by atoms with Crippen LogP contribution in [0.3, 0.4) is 0 Å². The molecular formula is C16H23NO2. The molecule has 3 atom stereocenters. The largest absolute Gasteiger partial charge is 0.393 e. The summed E-state index contributed by atoms with van der Waals surface area (Å²) < 4.78 is 0. The molecule has 104 valence electrons. The molecule has 19 heavy (non-hydrogen) atoms. The first-order valence-corrected chi connectivity index (χ1v) is 7.10. The lowest BCUT2D eigenvalue weighted by molar-refractivity contribution is -0.134. The minimum atomic E-state index is -0.499. The van der Waals surface area contributed by atoms with Crippen LogP contribution in [0.15, 0.2) is 30.3 Å². The Kier molecular flexibility index (Phi) is 3.95. The molecule has 2 rings (SSSR count). The van der Waals surface area contributed by atoms with Crippen LogP contribution in [0, 0.1) is 5.92 Å². The summed E-state index contributed by atoms with van der Waals surface area (Å²) in [7, 11) is 0. The molecule has 0 radical (unpaired) electrons. The highest BCUT2D eigenvalue weighted by atomic mass is 16.3. The van der Waals surface area contributed by atoms with Crippen molar-refractivity contribution in [2.24, 2.45) is 5.92 Å². The Labute approximate surface area is 115 Å². The fourth-order valence-electron chi connectivity index (χ4n) is 3.10. The van der Waals surface area contributed by atoms with Gasteiger partial charge in [0.25, 0.3) is 0 Å². The van der Waals surface area contributed by atoms with Crippen LogP contribution >= 0.6 is 0 Å². The van der Waals surface area contributed by atoms with Gasteiger partial charge in [-0.2, -0.15) is 0 Å². The molecule has 0 aromatic heterocycles. The molecule has 1 fully saturated rings. The molecule has 1 aromatic carbocycles. The zero-order valence-electron chi connectivity index (χ0n) is 12.0. The summed E-state index contributed by atoms with van der Waals surface area (Å²) in [6.07, 6.45) is 0.309. The zero-order valence-corrected chi connectivity index (χ0v) is 12.0. The van der Waals surface area contributed by atoms with Crippen molar-refractivity contribution in [3.05, 3.63) is 35.9 Å². The van der Waals surface area contributed by atoms with E-state index in [1.54, 1.807) is 6.92 Å². The molecule has 1 aliphatic carbocycles. The number of benzene rings is 1. The van der Waals surface area contributed by atoms with Gasteiger partial charge in [0.1, 0.15) is 0 Å². The van der Waals surface area contributed by atoms with Crippen LogP contribution in [-0.2, 0) is 10.2 Å². The van der Waals surface area contributed by atoms with E-state index in [-0.39, 0.29) is 11.8 Å². The van der Waals surface area contributed by atoms with Crippen LogP contribution < -0.4 is 0 Å². The van der Waals surface area contributed by atoms with Gasteiger partial charge in [-0.05, 0) is 32.8 Å². The van der Waals surface area contributed by atoms with Gasteiger partial charge < -0.3 is 10.0 Å². The van der Waals surface area contributed by atoms with E-state index in [1.807, 2.05) is 49.1 Å². The number of hydrogen-bond acceptors (Lipinski definition) is 2. The van der Waals surface area contributed by atoms with Gasteiger partial charge in [0.15, 0.2) is 0 Å². The first-order chi connectivity index (χ1) is 9.07. The van der Waals surface area contributed by atoms with Crippen LogP contribution in [0.4, 0.5) is 0 Å². The van der Waals surface area contributed by atoms with E-state index in [0.29, 0.717) is 0 Å². The predicted octanol–water partition coefficient (Wildman–Crippen LogP) is 2.19. The molecule has 1 N–H and O–H groups in total. The minimum Gasteiger partial charge on any atom is -0.393 e. The van der Waals surface area contributed by atoms with Gasteiger partial charge in [0.05, 0.1) is 11.5 Å². The number of hydrogen-bond donors (Lipinski definition) is 1. The second-order valence-corrected chi connectivity index (χ2v) is 5.37. The molecule has 0 unspecified atom stereocenters. The molecule has 3 nitrogen and oxygen atoms in total. The zero-order chi connectivity index (χ0) is 14.0. The third-order valence-corrected chi connectivity index (χ3v) is 4.32. The van der Waals surface area contributed by atoms with E-state index in [1.165, 1.54) is 0 Å². The predicted molar refractivity (Wildman–Crippen MR) is 75.8 cm³/mol. The Morgan fingerprint density at radius 3 is 2.37 bits per heavy atom. The normalized spacial score (nSPS) is 26.8. The van der Waals surface area contributed by atoms with Crippen molar-refractivity contribution in [2.45, 2.75) is 38.7 Å². The number of nitrogens with zero attached hydrogens (tertiary/aromatic N) is 1. The topological polar surface area (TPSA) is 40.5 Å². The lowest BCUT2D eigenvalue weighted by Gasteiger charge is -2.27. The van der Waals surface area contributed by atoms with E-state index in [2.05, 4.69) is 0 Å². The fourth-order valence-corrected chi connectivity index (χ4v) is 3.10. The number of aliphatic hydroxyl groups excluding tert-OH is 1. The highest BCUT2D eigenvalue weighted by molar-refractivity contribution is 5.92. The van der Waals surface area contributed by atoms with Gasteiger partial charge in [-0.25, -0.2) is 0 Å². The molecular weight excluding hydrogens is 238 g/mol. The van der Waals surface area contributed by atoms with Crippen molar-refractivity contribution in [1.29, 1.82) is 0 Å². The van der Waals surface area contributed by atoms with Gasteiger partial charge >= 0.3 is 0 Å². The second kappa shape index (κ2) is 5.33. The lowest BCUT2D eigenvalue weighted by atomic mass is 9.90. The van der Waals surface area contributed by atoms with Gasteiger partial charge in [0.2, 0.25) is 5.91 Å².